The number of rotatable bonds is 4. The number of carbonyl (C=O) groups is 1. The summed E-state index contributed by atoms with van der Waals surface area (Å²) in [6.45, 7) is 8.37. The summed E-state index contributed by atoms with van der Waals surface area (Å²) in [5.41, 5.74) is 4.72. The second-order valence-electron chi connectivity index (χ2n) is 8.50. The zero-order valence-electron chi connectivity index (χ0n) is 18.0. The fourth-order valence-electron chi connectivity index (χ4n) is 4.51. The van der Waals surface area contributed by atoms with Gasteiger partial charge in [0.2, 0.25) is 15.9 Å². The molecule has 2 heterocycles. The lowest BCUT2D eigenvalue weighted by Crippen LogP contribution is -2.41. The molecule has 4 rings (SSSR count). The molecule has 1 amide bonds. The lowest BCUT2D eigenvalue weighted by molar-refractivity contribution is -0.120. The number of nitrogens with one attached hydrogen (secondary N) is 1. The zero-order chi connectivity index (χ0) is 21.6. The van der Waals surface area contributed by atoms with Crippen LogP contribution in [0.4, 0.5) is 5.13 Å². The number of thiazole rings is 1. The van der Waals surface area contributed by atoms with E-state index in [1.807, 2.05) is 33.8 Å². The Bertz CT molecular complexity index is 1050. The van der Waals surface area contributed by atoms with E-state index in [-0.39, 0.29) is 11.8 Å². The average Bonchev–Trinajstić information content (AvgIpc) is 3.28. The second-order valence-corrected chi connectivity index (χ2v) is 11.5. The van der Waals surface area contributed by atoms with E-state index in [9.17, 15) is 13.2 Å². The average molecular weight is 448 g/mol. The van der Waals surface area contributed by atoms with Crippen molar-refractivity contribution in [2.24, 2.45) is 5.92 Å². The molecule has 0 spiro atoms. The van der Waals surface area contributed by atoms with Crippen LogP contribution in [0.1, 0.15) is 52.1 Å². The van der Waals surface area contributed by atoms with Gasteiger partial charge in [0, 0.05) is 23.9 Å². The predicted molar refractivity (Wildman–Crippen MR) is 120 cm³/mol. The maximum absolute atomic E-state index is 13.4. The molecule has 1 fully saturated rings. The molecular weight excluding hydrogens is 418 g/mol. The van der Waals surface area contributed by atoms with Gasteiger partial charge in [-0.25, -0.2) is 13.4 Å². The van der Waals surface area contributed by atoms with Crippen molar-refractivity contribution in [1.29, 1.82) is 0 Å². The quantitative estimate of drug-likeness (QED) is 0.771. The van der Waals surface area contributed by atoms with Crippen molar-refractivity contribution in [3.63, 3.8) is 0 Å². The molecule has 2 aromatic rings. The smallest absolute Gasteiger partial charge is 0.243 e. The number of benzene rings is 1. The molecule has 1 N–H and O–H groups in total. The van der Waals surface area contributed by atoms with Crippen LogP contribution in [0.3, 0.4) is 0 Å². The van der Waals surface area contributed by atoms with Crippen LogP contribution in [-0.4, -0.2) is 36.7 Å². The van der Waals surface area contributed by atoms with E-state index >= 15 is 0 Å². The summed E-state index contributed by atoms with van der Waals surface area (Å²) in [5, 5.41) is 3.64. The largest absolute Gasteiger partial charge is 0.302 e. The molecule has 162 valence electrons. The summed E-state index contributed by atoms with van der Waals surface area (Å²) in [4.78, 5) is 19.0. The van der Waals surface area contributed by atoms with Gasteiger partial charge in [0.1, 0.15) is 0 Å². The third-order valence-corrected chi connectivity index (χ3v) is 9.79. The fourth-order valence-corrected chi connectivity index (χ4v) is 7.60. The summed E-state index contributed by atoms with van der Waals surface area (Å²) in [5.74, 6) is -0.227. The van der Waals surface area contributed by atoms with Gasteiger partial charge in [0.25, 0.3) is 0 Å². The Labute approximate surface area is 182 Å². The van der Waals surface area contributed by atoms with E-state index in [1.165, 1.54) is 4.88 Å². The fraction of sp³-hybridized carbons (Fsp3) is 0.545. The molecule has 30 heavy (non-hydrogen) atoms. The van der Waals surface area contributed by atoms with E-state index in [2.05, 4.69) is 10.3 Å². The van der Waals surface area contributed by atoms with Crippen molar-refractivity contribution < 1.29 is 13.2 Å². The first kappa shape index (κ1) is 21.5. The minimum atomic E-state index is -3.58. The molecule has 2 aliphatic rings. The number of fused-ring (bicyclic) bond motifs is 1. The molecule has 8 heteroatoms. The molecule has 1 aromatic heterocycles. The summed E-state index contributed by atoms with van der Waals surface area (Å²) in [6.07, 6.45) is 4.25. The van der Waals surface area contributed by atoms with Gasteiger partial charge in [-0.3, -0.25) is 4.79 Å². The summed E-state index contributed by atoms with van der Waals surface area (Å²) < 4.78 is 28.3. The van der Waals surface area contributed by atoms with Gasteiger partial charge in [-0.2, -0.15) is 4.31 Å². The highest BCUT2D eigenvalue weighted by Gasteiger charge is 2.34. The summed E-state index contributed by atoms with van der Waals surface area (Å²) >= 11 is 1.57. The minimum Gasteiger partial charge on any atom is -0.302 e. The molecule has 6 nitrogen and oxygen atoms in total. The molecule has 0 radical (unpaired) electrons. The van der Waals surface area contributed by atoms with Gasteiger partial charge in [-0.15, -0.1) is 11.3 Å². The number of amides is 1. The molecule has 0 saturated carbocycles. The van der Waals surface area contributed by atoms with E-state index in [4.69, 9.17) is 0 Å². The minimum absolute atomic E-state index is 0.0433. The van der Waals surface area contributed by atoms with Crippen LogP contribution in [0.2, 0.25) is 0 Å². The molecule has 1 saturated heterocycles. The van der Waals surface area contributed by atoms with Crippen molar-refractivity contribution in [3.8, 4) is 0 Å². The van der Waals surface area contributed by atoms with Crippen molar-refractivity contribution >= 4 is 32.4 Å². The number of aryl methyl sites for hydroxylation is 4. The molecule has 1 aliphatic carbocycles. The van der Waals surface area contributed by atoms with Crippen LogP contribution >= 0.6 is 11.3 Å². The number of piperidine rings is 1. The van der Waals surface area contributed by atoms with Crippen molar-refractivity contribution in [1.82, 2.24) is 9.29 Å². The number of hydrogen-bond acceptors (Lipinski definition) is 5. The monoisotopic (exact) mass is 447 g/mol. The third kappa shape index (κ3) is 3.81. The van der Waals surface area contributed by atoms with Crippen LogP contribution in [0.5, 0.6) is 0 Å². The van der Waals surface area contributed by atoms with Gasteiger partial charge in [-0.05, 0) is 82.1 Å². The maximum Gasteiger partial charge on any atom is 0.243 e. The lowest BCUT2D eigenvalue weighted by Gasteiger charge is -2.31. The van der Waals surface area contributed by atoms with Crippen molar-refractivity contribution in [3.05, 3.63) is 38.9 Å². The summed E-state index contributed by atoms with van der Waals surface area (Å²) in [7, 11) is -3.58. The van der Waals surface area contributed by atoms with E-state index in [0.29, 0.717) is 36.0 Å². The van der Waals surface area contributed by atoms with Crippen LogP contribution in [0, 0.1) is 33.6 Å². The number of hydrogen-bond donors (Lipinski definition) is 1. The molecular formula is C22H29N3O3S2. The van der Waals surface area contributed by atoms with Crippen LogP contribution in [0.15, 0.2) is 11.0 Å². The Kier molecular flexibility index (Phi) is 5.76. The van der Waals surface area contributed by atoms with Gasteiger partial charge in [0.15, 0.2) is 5.13 Å². The molecule has 0 unspecified atom stereocenters. The van der Waals surface area contributed by atoms with Gasteiger partial charge in [0.05, 0.1) is 10.6 Å². The van der Waals surface area contributed by atoms with Gasteiger partial charge in [-0.1, -0.05) is 6.07 Å². The zero-order valence-corrected chi connectivity index (χ0v) is 19.7. The lowest BCUT2D eigenvalue weighted by atomic mass is 9.97. The Hall–Kier alpha value is -1.77. The standard InChI is InChI=1S/C22H29N3O3S2/c1-13-12-14(2)16(4)20(15(13)3)30(27,28)25-10-8-17(9-11-25)21(26)24-22-23-18-6-5-7-19(18)29-22/h12,17H,5-11H2,1-4H3,(H,23,24,26). The topological polar surface area (TPSA) is 79.4 Å². The number of carbonyl (C=O) groups excluding carboxylic acids is 1. The van der Waals surface area contributed by atoms with Crippen LogP contribution in [0.25, 0.3) is 0 Å². The highest BCUT2D eigenvalue weighted by atomic mass is 32.2. The highest BCUT2D eigenvalue weighted by molar-refractivity contribution is 7.89. The SMILES string of the molecule is Cc1cc(C)c(C)c(S(=O)(=O)N2CCC(C(=O)Nc3nc4c(s3)CCC4)CC2)c1C. The molecule has 0 bridgehead atoms. The Morgan fingerprint density at radius 2 is 1.73 bits per heavy atom. The highest BCUT2D eigenvalue weighted by Crippen LogP contribution is 2.33. The number of sulfonamides is 1. The molecule has 1 aromatic carbocycles. The van der Waals surface area contributed by atoms with Gasteiger partial charge >= 0.3 is 0 Å². The van der Waals surface area contributed by atoms with Crippen LogP contribution < -0.4 is 5.32 Å². The third-order valence-electron chi connectivity index (χ3n) is 6.55. The molecule has 1 aliphatic heterocycles. The first-order chi connectivity index (χ1) is 14.2. The van der Waals surface area contributed by atoms with Gasteiger partial charge < -0.3 is 5.32 Å². The van der Waals surface area contributed by atoms with E-state index in [1.54, 1.807) is 15.6 Å². The van der Waals surface area contributed by atoms with Crippen molar-refractivity contribution in [2.75, 3.05) is 18.4 Å². The number of nitrogens with zero attached hydrogens (tertiary/aromatic N) is 2. The Balaban J connectivity index is 1.44. The predicted octanol–water partition coefficient (Wildman–Crippen LogP) is 3.90. The second kappa shape index (κ2) is 8.05. The first-order valence-electron chi connectivity index (χ1n) is 10.6. The Morgan fingerprint density at radius 1 is 1.10 bits per heavy atom. The molecule has 0 atom stereocenters. The first-order valence-corrected chi connectivity index (χ1v) is 12.8. The number of anilines is 1. The van der Waals surface area contributed by atoms with E-state index < -0.39 is 10.0 Å². The summed E-state index contributed by atoms with van der Waals surface area (Å²) in [6, 6.07) is 2.04. The van der Waals surface area contributed by atoms with Crippen molar-refractivity contribution in [2.45, 2.75) is 64.7 Å². The maximum atomic E-state index is 13.4. The number of aromatic nitrogens is 1. The van der Waals surface area contributed by atoms with E-state index in [0.717, 1.165) is 47.2 Å². The normalized spacial score (nSPS) is 17.9. The van der Waals surface area contributed by atoms with Crippen LogP contribution in [-0.2, 0) is 27.7 Å². The Morgan fingerprint density at radius 3 is 2.33 bits per heavy atom.